The summed E-state index contributed by atoms with van der Waals surface area (Å²) in [5, 5.41) is 13.1. The molecule has 0 saturated carbocycles. The molecule has 146 valence electrons. The number of ether oxygens (including phenoxy) is 1. The topological polar surface area (TPSA) is 93.1 Å². The number of anilines is 1. The zero-order valence-corrected chi connectivity index (χ0v) is 16.8. The molecule has 2 aromatic rings. The van der Waals surface area contributed by atoms with Gasteiger partial charge in [0.2, 0.25) is 5.91 Å². The van der Waals surface area contributed by atoms with Gasteiger partial charge in [-0.2, -0.15) is 0 Å². The van der Waals surface area contributed by atoms with E-state index in [1.165, 1.54) is 11.3 Å². The summed E-state index contributed by atoms with van der Waals surface area (Å²) in [7, 11) is 0. The molecule has 3 rings (SSSR count). The predicted molar refractivity (Wildman–Crippen MR) is 104 cm³/mol. The molecule has 8 nitrogen and oxygen atoms in total. The average molecular weight is 391 g/mol. The van der Waals surface area contributed by atoms with Gasteiger partial charge in [-0.05, 0) is 25.7 Å². The summed E-state index contributed by atoms with van der Waals surface area (Å²) in [6.45, 7) is 7.92. The molecular weight excluding hydrogens is 364 g/mol. The van der Waals surface area contributed by atoms with Crippen molar-refractivity contribution in [3.05, 3.63) is 28.1 Å². The number of piperidine rings is 1. The largest absolute Gasteiger partial charge is 0.365 e. The van der Waals surface area contributed by atoms with Crippen LogP contribution >= 0.6 is 11.3 Å². The summed E-state index contributed by atoms with van der Waals surface area (Å²) in [6, 6.07) is 2.17. The van der Waals surface area contributed by atoms with Crippen molar-refractivity contribution in [2.45, 2.75) is 52.2 Å². The van der Waals surface area contributed by atoms with Crippen molar-refractivity contribution < 1.29 is 9.53 Å². The van der Waals surface area contributed by atoms with Crippen LogP contribution in [0.1, 0.15) is 48.3 Å². The molecule has 1 amide bonds. The van der Waals surface area contributed by atoms with Gasteiger partial charge in [-0.25, -0.2) is 9.97 Å². The van der Waals surface area contributed by atoms with E-state index < -0.39 is 0 Å². The second-order valence-electron chi connectivity index (χ2n) is 7.01. The Kier molecular flexibility index (Phi) is 6.68. The minimum atomic E-state index is 0.00768. The Morgan fingerprint density at radius 1 is 1.41 bits per heavy atom. The third kappa shape index (κ3) is 5.67. The highest BCUT2D eigenvalue weighted by Gasteiger charge is 2.24. The van der Waals surface area contributed by atoms with Crippen LogP contribution in [0.4, 0.5) is 5.82 Å². The summed E-state index contributed by atoms with van der Waals surface area (Å²) in [5.74, 6) is 1.18. The number of aryl methyl sites for hydroxylation is 1. The Balaban J connectivity index is 1.48. The lowest BCUT2D eigenvalue weighted by atomic mass is 10.1. The van der Waals surface area contributed by atoms with Gasteiger partial charge < -0.3 is 15.0 Å². The van der Waals surface area contributed by atoms with Crippen LogP contribution in [-0.2, 0) is 16.1 Å². The molecule has 0 unspecified atom stereocenters. The van der Waals surface area contributed by atoms with E-state index in [2.05, 4.69) is 39.3 Å². The average Bonchev–Trinajstić information content (AvgIpc) is 3.07. The maximum atomic E-state index is 12.4. The van der Waals surface area contributed by atoms with Crippen LogP contribution in [0.15, 0.2) is 12.4 Å². The fourth-order valence-corrected chi connectivity index (χ4v) is 3.66. The number of carbonyl (C=O) groups excluding carboxylic acids is 1. The number of likely N-dealkylation sites (tertiary alicyclic amines) is 1. The summed E-state index contributed by atoms with van der Waals surface area (Å²) in [4.78, 5) is 22.9. The molecule has 1 N–H and O–H groups in total. The molecule has 0 radical (unpaired) electrons. The molecular formula is C18H26N6O2S. The predicted octanol–water partition coefficient (Wildman–Crippen LogP) is 2.38. The summed E-state index contributed by atoms with van der Waals surface area (Å²) < 4.78 is 5.52. The van der Waals surface area contributed by atoms with E-state index in [1.807, 2.05) is 17.9 Å². The Hall–Kier alpha value is -2.13. The van der Waals surface area contributed by atoms with Crippen LogP contribution in [0.5, 0.6) is 0 Å². The van der Waals surface area contributed by atoms with E-state index in [4.69, 9.17) is 4.74 Å². The van der Waals surface area contributed by atoms with Gasteiger partial charge in [0.25, 0.3) is 0 Å². The number of aromatic nitrogens is 4. The first-order chi connectivity index (χ1) is 13.0. The normalized spacial score (nSPS) is 17.3. The molecule has 0 aromatic carbocycles. The highest BCUT2D eigenvalue weighted by atomic mass is 32.1. The van der Waals surface area contributed by atoms with Gasteiger partial charge in [0.05, 0.1) is 0 Å². The third-order valence-electron chi connectivity index (χ3n) is 4.42. The van der Waals surface area contributed by atoms with E-state index in [0.29, 0.717) is 19.1 Å². The van der Waals surface area contributed by atoms with E-state index in [-0.39, 0.29) is 18.6 Å². The van der Waals surface area contributed by atoms with E-state index in [9.17, 15) is 4.79 Å². The maximum Gasteiger partial charge on any atom is 0.248 e. The van der Waals surface area contributed by atoms with Gasteiger partial charge in [-0.3, -0.25) is 4.79 Å². The van der Waals surface area contributed by atoms with Gasteiger partial charge in [-0.1, -0.05) is 25.2 Å². The fourth-order valence-electron chi connectivity index (χ4n) is 3.01. The number of hydrogen-bond acceptors (Lipinski definition) is 8. The van der Waals surface area contributed by atoms with Crippen LogP contribution in [0, 0.1) is 6.92 Å². The number of nitrogens with zero attached hydrogens (tertiary/aromatic N) is 5. The molecule has 1 aliphatic heterocycles. The summed E-state index contributed by atoms with van der Waals surface area (Å²) in [6.07, 6.45) is 3.56. The van der Waals surface area contributed by atoms with Crippen molar-refractivity contribution in [3.63, 3.8) is 0 Å². The van der Waals surface area contributed by atoms with Crippen LogP contribution in [-0.4, -0.2) is 56.7 Å². The molecule has 1 saturated heterocycles. The van der Waals surface area contributed by atoms with Crippen molar-refractivity contribution >= 4 is 23.1 Å². The number of hydrogen-bond donors (Lipinski definition) is 1. The van der Waals surface area contributed by atoms with Crippen LogP contribution < -0.4 is 5.32 Å². The fraction of sp³-hybridized carbons (Fsp3) is 0.611. The second kappa shape index (κ2) is 9.18. The van der Waals surface area contributed by atoms with E-state index in [1.54, 1.807) is 6.33 Å². The van der Waals surface area contributed by atoms with Crippen molar-refractivity contribution in [1.29, 1.82) is 0 Å². The molecule has 1 fully saturated rings. The van der Waals surface area contributed by atoms with Crippen molar-refractivity contribution in [2.75, 3.05) is 25.0 Å². The first-order valence-corrected chi connectivity index (χ1v) is 10.1. The van der Waals surface area contributed by atoms with Crippen molar-refractivity contribution in [2.24, 2.45) is 0 Å². The van der Waals surface area contributed by atoms with Gasteiger partial charge in [-0.15, -0.1) is 10.2 Å². The highest BCUT2D eigenvalue weighted by Crippen LogP contribution is 2.18. The number of rotatable bonds is 7. The van der Waals surface area contributed by atoms with Gasteiger partial charge in [0.15, 0.2) is 0 Å². The van der Waals surface area contributed by atoms with E-state index >= 15 is 0 Å². The maximum absolute atomic E-state index is 12.4. The quantitative estimate of drug-likeness (QED) is 0.776. The van der Waals surface area contributed by atoms with Crippen LogP contribution in [0.25, 0.3) is 0 Å². The standard InChI is InChI=1S/C18H26N6O2S/c1-12(2)15-7-16(20-11-19-15)21-14-5-4-6-24(8-14)18(25)10-26-9-17-23-22-13(3)27-17/h7,11-12,14H,4-6,8-10H2,1-3H3,(H,19,20,21)/t14-/m1/s1. The minimum absolute atomic E-state index is 0.00768. The molecule has 0 bridgehead atoms. The van der Waals surface area contributed by atoms with Gasteiger partial charge >= 0.3 is 0 Å². The zero-order chi connectivity index (χ0) is 19.2. The highest BCUT2D eigenvalue weighted by molar-refractivity contribution is 7.11. The first kappa shape index (κ1) is 19.6. The molecule has 2 aromatic heterocycles. The number of nitrogens with one attached hydrogen (secondary N) is 1. The zero-order valence-electron chi connectivity index (χ0n) is 16.0. The van der Waals surface area contributed by atoms with Gasteiger partial charge in [0, 0.05) is 30.9 Å². The molecule has 0 spiro atoms. The van der Waals surface area contributed by atoms with Crippen molar-refractivity contribution in [1.82, 2.24) is 25.1 Å². The molecule has 0 aliphatic carbocycles. The molecule has 27 heavy (non-hydrogen) atoms. The lowest BCUT2D eigenvalue weighted by molar-refractivity contribution is -0.137. The van der Waals surface area contributed by atoms with Gasteiger partial charge in [0.1, 0.15) is 35.4 Å². The van der Waals surface area contributed by atoms with E-state index in [0.717, 1.165) is 40.9 Å². The Morgan fingerprint density at radius 3 is 3.00 bits per heavy atom. The van der Waals surface area contributed by atoms with Crippen molar-refractivity contribution in [3.8, 4) is 0 Å². The Morgan fingerprint density at radius 2 is 2.26 bits per heavy atom. The molecule has 1 atom stereocenters. The number of carbonyl (C=O) groups is 1. The first-order valence-electron chi connectivity index (χ1n) is 9.24. The molecule has 9 heteroatoms. The lowest BCUT2D eigenvalue weighted by Crippen LogP contribution is -2.46. The lowest BCUT2D eigenvalue weighted by Gasteiger charge is -2.33. The second-order valence-corrected chi connectivity index (χ2v) is 8.28. The summed E-state index contributed by atoms with van der Waals surface area (Å²) in [5.41, 5.74) is 1.01. The Bertz CT molecular complexity index is 766. The Labute approximate surface area is 163 Å². The summed E-state index contributed by atoms with van der Waals surface area (Å²) >= 11 is 1.49. The third-order valence-corrected chi connectivity index (χ3v) is 5.24. The molecule has 3 heterocycles. The number of amides is 1. The monoisotopic (exact) mass is 390 g/mol. The smallest absolute Gasteiger partial charge is 0.248 e. The van der Waals surface area contributed by atoms with Crippen LogP contribution in [0.2, 0.25) is 0 Å². The molecule has 1 aliphatic rings. The SMILES string of the molecule is Cc1nnc(COCC(=O)N2CCC[C@@H](Nc3cc(C(C)C)ncn3)C2)s1. The van der Waals surface area contributed by atoms with Crippen LogP contribution in [0.3, 0.4) is 0 Å². The minimum Gasteiger partial charge on any atom is -0.365 e.